The van der Waals surface area contributed by atoms with Crippen molar-refractivity contribution in [2.75, 3.05) is 23.9 Å². The van der Waals surface area contributed by atoms with Gasteiger partial charge in [0.25, 0.3) is 0 Å². The largest absolute Gasteiger partial charge is 0.349 e. The number of rotatable bonds is 2. The summed E-state index contributed by atoms with van der Waals surface area (Å²) in [6.45, 7) is 0. The van der Waals surface area contributed by atoms with Crippen LogP contribution in [0.1, 0.15) is 11.1 Å². The molecule has 5 rings (SSSR count). The second kappa shape index (κ2) is 6.58. The summed E-state index contributed by atoms with van der Waals surface area (Å²) in [5.74, 6) is 0. The molecule has 0 unspecified atom stereocenters. The van der Waals surface area contributed by atoms with Gasteiger partial charge < -0.3 is 9.80 Å². The molecule has 0 spiro atoms. The van der Waals surface area contributed by atoms with E-state index in [1.54, 1.807) is 0 Å². The highest BCUT2D eigenvalue weighted by molar-refractivity contribution is 5.90. The van der Waals surface area contributed by atoms with Gasteiger partial charge >= 0.3 is 0 Å². The molecular formula is C26H22N2. The molecule has 3 aromatic carbocycles. The van der Waals surface area contributed by atoms with Crippen LogP contribution in [0.4, 0.5) is 11.4 Å². The van der Waals surface area contributed by atoms with Gasteiger partial charge in [-0.25, -0.2) is 0 Å². The third kappa shape index (κ3) is 2.57. The van der Waals surface area contributed by atoms with Gasteiger partial charge in [0, 0.05) is 36.9 Å². The molecule has 0 saturated carbocycles. The average Bonchev–Trinajstić information content (AvgIpc) is 2.75. The molecular weight excluding hydrogens is 340 g/mol. The summed E-state index contributed by atoms with van der Waals surface area (Å²) >= 11 is 0. The zero-order valence-corrected chi connectivity index (χ0v) is 16.1. The van der Waals surface area contributed by atoms with E-state index in [2.05, 4.69) is 121 Å². The maximum atomic E-state index is 2.27. The molecule has 0 aliphatic carbocycles. The van der Waals surface area contributed by atoms with Crippen molar-refractivity contribution < 1.29 is 0 Å². The van der Waals surface area contributed by atoms with Crippen LogP contribution in [0.15, 0.2) is 97.3 Å². The van der Waals surface area contributed by atoms with Crippen molar-refractivity contribution in [1.29, 1.82) is 0 Å². The molecule has 0 aromatic heterocycles. The van der Waals surface area contributed by atoms with E-state index < -0.39 is 0 Å². The smallest absolute Gasteiger partial charge is 0.0730 e. The Labute approximate surface area is 165 Å². The molecule has 2 nitrogen and oxygen atoms in total. The van der Waals surface area contributed by atoms with Crippen molar-refractivity contribution in [3.63, 3.8) is 0 Å². The Balaban J connectivity index is 1.88. The standard InChI is InChI=1S/C26H22N2/c1-27-17-15-21(19-9-5-3-6-10-19)23-13-14-24-22(20-11-7-4-8-12-20)16-18-28(2)26(24)25(23)27/h3-18H,1-2H3. The molecule has 2 aliphatic rings. The summed E-state index contributed by atoms with van der Waals surface area (Å²) < 4.78 is 0. The minimum atomic E-state index is 1.24. The molecule has 0 fully saturated rings. The van der Waals surface area contributed by atoms with Crippen molar-refractivity contribution >= 4 is 22.5 Å². The highest BCUT2D eigenvalue weighted by Crippen LogP contribution is 2.30. The molecule has 2 heterocycles. The second-order valence-electron chi connectivity index (χ2n) is 7.27. The van der Waals surface area contributed by atoms with Crippen molar-refractivity contribution in [2.45, 2.75) is 0 Å². The molecule has 3 aromatic rings. The van der Waals surface area contributed by atoms with Crippen molar-refractivity contribution in [3.05, 3.63) is 119 Å². The van der Waals surface area contributed by atoms with Crippen molar-refractivity contribution in [3.8, 4) is 0 Å². The lowest BCUT2D eigenvalue weighted by Gasteiger charge is -2.30. The van der Waals surface area contributed by atoms with E-state index >= 15 is 0 Å². The van der Waals surface area contributed by atoms with Crippen molar-refractivity contribution in [2.24, 2.45) is 0 Å². The van der Waals surface area contributed by atoms with Gasteiger partial charge in [-0.1, -0.05) is 72.8 Å². The molecule has 0 saturated heterocycles. The van der Waals surface area contributed by atoms with Gasteiger partial charge in [-0.05, 0) is 34.4 Å². The Morgan fingerprint density at radius 2 is 0.893 bits per heavy atom. The van der Waals surface area contributed by atoms with Crippen LogP contribution in [0.5, 0.6) is 0 Å². The minimum absolute atomic E-state index is 1.24. The lowest BCUT2D eigenvalue weighted by atomic mass is 9.94. The maximum absolute atomic E-state index is 2.27. The fourth-order valence-electron chi connectivity index (χ4n) is 4.17. The maximum Gasteiger partial charge on any atom is 0.0730 e. The average molecular weight is 362 g/mol. The number of benzene rings is 3. The molecule has 0 amide bonds. The molecule has 0 radical (unpaired) electrons. The zero-order chi connectivity index (χ0) is 19.1. The number of hydrogen-bond acceptors (Lipinski definition) is 2. The molecule has 0 bridgehead atoms. The van der Waals surface area contributed by atoms with E-state index in [-0.39, 0.29) is 0 Å². The monoisotopic (exact) mass is 362 g/mol. The summed E-state index contributed by atoms with van der Waals surface area (Å²) in [5, 5.41) is 2.54. The van der Waals surface area contributed by atoms with E-state index in [4.69, 9.17) is 0 Å². The van der Waals surface area contributed by atoms with E-state index in [0.717, 1.165) is 0 Å². The Hall–Kier alpha value is -3.52. The van der Waals surface area contributed by atoms with Gasteiger partial charge in [0.2, 0.25) is 0 Å². The van der Waals surface area contributed by atoms with E-state index in [0.29, 0.717) is 0 Å². The van der Waals surface area contributed by atoms with Crippen molar-refractivity contribution in [1.82, 2.24) is 0 Å². The zero-order valence-electron chi connectivity index (χ0n) is 16.1. The van der Waals surface area contributed by atoms with Crippen LogP contribution in [0, 0.1) is 0 Å². The number of anilines is 2. The Kier molecular flexibility index (Phi) is 3.91. The number of allylic oxidation sites excluding steroid dienone is 2. The SMILES string of the molecule is CN1C=CC(c2ccccc2)=c2ccc3c(c21)N(C)C=CC=3c1ccccc1. The fraction of sp³-hybridized carbons (Fsp3) is 0.0769. The first-order valence-electron chi connectivity index (χ1n) is 9.58. The van der Waals surface area contributed by atoms with E-state index in [1.807, 2.05) is 0 Å². The quantitative estimate of drug-likeness (QED) is 0.680. The first-order valence-corrected chi connectivity index (χ1v) is 9.58. The third-order valence-corrected chi connectivity index (χ3v) is 5.54. The summed E-state index contributed by atoms with van der Waals surface area (Å²) in [7, 11) is 4.26. The highest BCUT2D eigenvalue weighted by Gasteiger charge is 2.21. The van der Waals surface area contributed by atoms with Crippen LogP contribution in [-0.4, -0.2) is 14.1 Å². The topological polar surface area (TPSA) is 6.48 Å². The summed E-state index contributed by atoms with van der Waals surface area (Å²) in [4.78, 5) is 4.47. The number of nitrogens with zero attached hydrogens (tertiary/aromatic N) is 2. The lowest BCUT2D eigenvalue weighted by molar-refractivity contribution is 1.11. The molecule has 2 heteroatoms. The summed E-state index contributed by atoms with van der Waals surface area (Å²) in [6.07, 6.45) is 8.76. The van der Waals surface area contributed by atoms with Crippen LogP contribution in [-0.2, 0) is 0 Å². The van der Waals surface area contributed by atoms with Gasteiger partial charge in [-0.3, -0.25) is 0 Å². The first-order chi connectivity index (χ1) is 13.7. The van der Waals surface area contributed by atoms with Crippen LogP contribution < -0.4 is 20.2 Å². The highest BCUT2D eigenvalue weighted by atomic mass is 15.2. The second-order valence-corrected chi connectivity index (χ2v) is 7.27. The molecule has 2 aliphatic heterocycles. The predicted molar refractivity (Wildman–Crippen MR) is 119 cm³/mol. The molecule has 28 heavy (non-hydrogen) atoms. The van der Waals surface area contributed by atoms with Gasteiger partial charge in [0.15, 0.2) is 0 Å². The lowest BCUT2D eigenvalue weighted by Crippen LogP contribution is -2.33. The van der Waals surface area contributed by atoms with E-state index in [1.165, 1.54) is 44.1 Å². The van der Waals surface area contributed by atoms with Crippen LogP contribution in [0.25, 0.3) is 11.1 Å². The third-order valence-electron chi connectivity index (χ3n) is 5.54. The first kappa shape index (κ1) is 16.6. The van der Waals surface area contributed by atoms with Gasteiger partial charge in [0.05, 0.1) is 11.4 Å². The predicted octanol–water partition coefficient (Wildman–Crippen LogP) is 4.01. The molecule has 0 N–H and O–H groups in total. The van der Waals surface area contributed by atoms with Gasteiger partial charge in [-0.15, -0.1) is 0 Å². The molecule has 0 atom stereocenters. The Morgan fingerprint density at radius 3 is 1.29 bits per heavy atom. The Morgan fingerprint density at radius 1 is 0.500 bits per heavy atom. The van der Waals surface area contributed by atoms with Crippen LogP contribution in [0.3, 0.4) is 0 Å². The minimum Gasteiger partial charge on any atom is -0.349 e. The number of hydrogen-bond donors (Lipinski definition) is 0. The van der Waals surface area contributed by atoms with Gasteiger partial charge in [0.1, 0.15) is 0 Å². The fourth-order valence-corrected chi connectivity index (χ4v) is 4.17. The summed E-state index contributed by atoms with van der Waals surface area (Å²) in [6, 6.07) is 25.8. The van der Waals surface area contributed by atoms with Gasteiger partial charge in [-0.2, -0.15) is 0 Å². The van der Waals surface area contributed by atoms with Crippen LogP contribution in [0.2, 0.25) is 0 Å². The number of fused-ring (bicyclic) bond motifs is 3. The Bertz CT molecular complexity index is 1120. The molecule has 136 valence electrons. The normalized spacial score (nSPS) is 14.9. The van der Waals surface area contributed by atoms with E-state index in [9.17, 15) is 0 Å². The van der Waals surface area contributed by atoms with Crippen LogP contribution >= 0.6 is 0 Å². The summed E-state index contributed by atoms with van der Waals surface area (Å²) in [5.41, 5.74) is 7.52.